The fourth-order valence-electron chi connectivity index (χ4n) is 4.30. The number of hydrogen-bond acceptors (Lipinski definition) is 7. The number of hydrogen-bond donors (Lipinski definition) is 1. The molecule has 0 aliphatic heterocycles. The Hall–Kier alpha value is -3.24. The fraction of sp³-hybridized carbons (Fsp3) is 0.320. The number of benzene rings is 2. The van der Waals surface area contributed by atoms with Crippen LogP contribution in [0.2, 0.25) is 0 Å². The Kier molecular flexibility index (Phi) is 6.33. The number of carbonyl (C=O) groups is 1. The van der Waals surface area contributed by atoms with Crippen LogP contribution in [0, 0.1) is 6.92 Å². The van der Waals surface area contributed by atoms with Crippen LogP contribution in [0.15, 0.2) is 47.4 Å². The maximum atomic E-state index is 12.7. The number of nitrogens with zero attached hydrogens (tertiary/aromatic N) is 3. The number of aryl methyl sites for hydroxylation is 3. The number of methoxy groups -OCH3 is 1. The summed E-state index contributed by atoms with van der Waals surface area (Å²) in [6, 6.07) is 12.3. The van der Waals surface area contributed by atoms with Crippen molar-refractivity contribution in [2.75, 3.05) is 18.2 Å². The van der Waals surface area contributed by atoms with Crippen LogP contribution in [0.5, 0.6) is 5.75 Å². The van der Waals surface area contributed by atoms with Crippen molar-refractivity contribution < 1.29 is 17.9 Å². The van der Waals surface area contributed by atoms with Gasteiger partial charge in [-0.3, -0.25) is 4.79 Å². The van der Waals surface area contributed by atoms with E-state index in [4.69, 9.17) is 9.72 Å². The van der Waals surface area contributed by atoms with Gasteiger partial charge in [0.25, 0.3) is 0 Å². The van der Waals surface area contributed by atoms with Crippen molar-refractivity contribution in [1.82, 2.24) is 14.8 Å². The molecular weight excluding hydrogens is 484 g/mol. The van der Waals surface area contributed by atoms with Crippen LogP contribution >= 0.6 is 11.3 Å². The number of aromatic nitrogens is 3. The maximum Gasteiger partial charge on any atom is 0.226 e. The number of fused-ring (bicyclic) bond motifs is 2. The molecule has 4 aromatic rings. The number of rotatable bonds is 7. The number of carbonyl (C=O) groups excluding carboxylic acids is 1. The molecule has 1 aliphatic carbocycles. The third-order valence-electron chi connectivity index (χ3n) is 6.14. The molecule has 0 bridgehead atoms. The van der Waals surface area contributed by atoms with Gasteiger partial charge in [-0.05, 0) is 80.1 Å². The van der Waals surface area contributed by atoms with Gasteiger partial charge in [-0.15, -0.1) is 0 Å². The lowest BCUT2D eigenvalue weighted by molar-refractivity contribution is -0.115. The zero-order valence-corrected chi connectivity index (χ0v) is 21.2. The van der Waals surface area contributed by atoms with Gasteiger partial charge < -0.3 is 10.1 Å². The predicted octanol–water partition coefficient (Wildman–Crippen LogP) is 4.48. The summed E-state index contributed by atoms with van der Waals surface area (Å²) in [5.74, 6) is 0.337. The van der Waals surface area contributed by atoms with Crippen molar-refractivity contribution in [2.24, 2.45) is 0 Å². The number of thiazole rings is 1. The van der Waals surface area contributed by atoms with Gasteiger partial charge in [-0.2, -0.15) is 9.78 Å². The van der Waals surface area contributed by atoms with Gasteiger partial charge in [0.1, 0.15) is 11.6 Å². The Balaban J connectivity index is 1.32. The quantitative estimate of drug-likeness (QED) is 0.393. The number of anilines is 1. The molecule has 0 saturated heterocycles. The van der Waals surface area contributed by atoms with Crippen molar-refractivity contribution in [3.05, 3.63) is 59.3 Å². The molecule has 182 valence electrons. The van der Waals surface area contributed by atoms with Crippen LogP contribution < -0.4 is 10.1 Å². The summed E-state index contributed by atoms with van der Waals surface area (Å²) < 4.78 is 33.1. The highest BCUT2D eigenvalue weighted by Crippen LogP contribution is 2.32. The van der Waals surface area contributed by atoms with Gasteiger partial charge >= 0.3 is 0 Å². The summed E-state index contributed by atoms with van der Waals surface area (Å²) in [4.78, 5) is 17.6. The topological polar surface area (TPSA) is 103 Å². The second-order valence-electron chi connectivity index (χ2n) is 8.67. The van der Waals surface area contributed by atoms with Crippen LogP contribution in [0.25, 0.3) is 15.3 Å². The molecule has 2 heterocycles. The minimum Gasteiger partial charge on any atom is -0.497 e. The molecule has 2 aromatic heterocycles. The van der Waals surface area contributed by atoms with Crippen molar-refractivity contribution in [3.8, 4) is 10.9 Å². The second-order valence-corrected chi connectivity index (χ2v) is 11.8. The minimum atomic E-state index is -3.60. The van der Waals surface area contributed by atoms with Gasteiger partial charge in [0.15, 0.2) is 9.84 Å². The molecular formula is C25H26N4O4S2. The first kappa shape index (κ1) is 23.5. The second kappa shape index (κ2) is 9.43. The number of nitrogens with one attached hydrogen (secondary N) is 1. The first-order valence-corrected chi connectivity index (χ1v) is 14.0. The molecule has 35 heavy (non-hydrogen) atoms. The molecule has 8 nitrogen and oxygen atoms in total. The van der Waals surface area contributed by atoms with E-state index in [0.717, 1.165) is 28.8 Å². The first-order valence-electron chi connectivity index (χ1n) is 11.5. The van der Waals surface area contributed by atoms with Crippen LogP contribution in [-0.4, -0.2) is 42.0 Å². The number of amides is 1. The number of sulfone groups is 1. The largest absolute Gasteiger partial charge is 0.497 e. The van der Waals surface area contributed by atoms with Crippen molar-refractivity contribution in [3.63, 3.8) is 0 Å². The summed E-state index contributed by atoms with van der Waals surface area (Å²) in [6.45, 7) is 1.84. The standard InChI is InChI=1S/C25H26N4O4S2/c1-16-13-23(27-24(30)11-12-35(31,32)20-9-7-19(33-2)8-10-20)29(28-16)25-26-21-14-17-5-3-4-6-18(17)15-22(21)34-25/h7-10,13-15H,3-6,11-12H2,1-2H3,(H,27,30). The fourth-order valence-corrected chi connectivity index (χ4v) is 6.52. The molecule has 10 heteroatoms. The van der Waals surface area contributed by atoms with Crippen molar-refractivity contribution in [2.45, 2.75) is 43.9 Å². The summed E-state index contributed by atoms with van der Waals surface area (Å²) in [5.41, 5.74) is 4.41. The maximum absolute atomic E-state index is 12.7. The van der Waals surface area contributed by atoms with Gasteiger partial charge in [0.05, 0.1) is 33.7 Å². The van der Waals surface area contributed by atoms with E-state index in [9.17, 15) is 13.2 Å². The Morgan fingerprint density at radius 3 is 2.54 bits per heavy atom. The summed E-state index contributed by atoms with van der Waals surface area (Å²) in [7, 11) is -2.09. The van der Waals surface area contributed by atoms with E-state index in [0.29, 0.717) is 16.7 Å². The molecule has 0 radical (unpaired) electrons. The molecule has 1 amide bonds. The summed E-state index contributed by atoms with van der Waals surface area (Å²) >= 11 is 1.53. The molecule has 0 spiro atoms. The van der Waals surface area contributed by atoms with Gasteiger partial charge in [0.2, 0.25) is 11.0 Å². The highest BCUT2D eigenvalue weighted by Gasteiger charge is 2.20. The normalized spacial score (nSPS) is 13.5. The van der Waals surface area contributed by atoms with Crippen LogP contribution in [0.4, 0.5) is 5.82 Å². The third-order valence-corrected chi connectivity index (χ3v) is 8.86. The van der Waals surface area contributed by atoms with E-state index < -0.39 is 15.7 Å². The average molecular weight is 511 g/mol. The predicted molar refractivity (Wildman–Crippen MR) is 136 cm³/mol. The molecule has 1 aliphatic rings. The van der Waals surface area contributed by atoms with Gasteiger partial charge in [0, 0.05) is 12.5 Å². The molecule has 0 atom stereocenters. The van der Waals surface area contributed by atoms with E-state index in [-0.39, 0.29) is 17.1 Å². The number of ether oxygens (including phenoxy) is 1. The molecule has 0 saturated carbocycles. The summed E-state index contributed by atoms with van der Waals surface area (Å²) in [5, 5.41) is 8.00. The lowest BCUT2D eigenvalue weighted by atomic mass is 9.92. The van der Waals surface area contributed by atoms with E-state index in [1.165, 1.54) is 54.5 Å². The lowest BCUT2D eigenvalue weighted by Crippen LogP contribution is -2.19. The minimum absolute atomic E-state index is 0.157. The van der Waals surface area contributed by atoms with Crippen LogP contribution in [0.1, 0.15) is 36.1 Å². The monoisotopic (exact) mass is 510 g/mol. The molecule has 0 unspecified atom stereocenters. The smallest absolute Gasteiger partial charge is 0.226 e. The Bertz CT molecular complexity index is 1460. The Labute approximate surface area is 207 Å². The SMILES string of the molecule is COc1ccc(S(=O)(=O)CCC(=O)Nc2cc(C)nn2-c2nc3cc4c(cc3s2)CCCC4)cc1. The first-order chi connectivity index (χ1) is 16.8. The Morgan fingerprint density at radius 1 is 1.11 bits per heavy atom. The van der Waals surface area contributed by atoms with Gasteiger partial charge in [-0.25, -0.2) is 13.4 Å². The van der Waals surface area contributed by atoms with Crippen molar-refractivity contribution >= 4 is 43.1 Å². The highest BCUT2D eigenvalue weighted by molar-refractivity contribution is 7.91. The van der Waals surface area contributed by atoms with E-state index in [2.05, 4.69) is 22.5 Å². The van der Waals surface area contributed by atoms with E-state index in [1.54, 1.807) is 22.9 Å². The molecule has 1 N–H and O–H groups in total. The highest BCUT2D eigenvalue weighted by atomic mass is 32.2. The molecule has 2 aromatic carbocycles. The van der Waals surface area contributed by atoms with Crippen LogP contribution in [-0.2, 0) is 27.5 Å². The van der Waals surface area contributed by atoms with E-state index in [1.807, 2.05) is 6.92 Å². The molecule has 5 rings (SSSR count). The molecule has 0 fully saturated rings. The lowest BCUT2D eigenvalue weighted by Gasteiger charge is -2.14. The van der Waals surface area contributed by atoms with Crippen molar-refractivity contribution in [1.29, 1.82) is 0 Å². The van der Waals surface area contributed by atoms with Gasteiger partial charge in [-0.1, -0.05) is 11.3 Å². The Morgan fingerprint density at radius 2 is 1.83 bits per heavy atom. The zero-order chi connectivity index (χ0) is 24.6. The third kappa shape index (κ3) is 4.94. The zero-order valence-electron chi connectivity index (χ0n) is 19.6. The van der Waals surface area contributed by atoms with Crippen LogP contribution in [0.3, 0.4) is 0 Å². The summed E-state index contributed by atoms with van der Waals surface area (Å²) in [6.07, 6.45) is 4.43. The van der Waals surface area contributed by atoms with E-state index >= 15 is 0 Å². The average Bonchev–Trinajstić information content (AvgIpc) is 3.43.